The summed E-state index contributed by atoms with van der Waals surface area (Å²) in [6, 6.07) is 2.24. The Bertz CT molecular complexity index is 1390. The van der Waals surface area contributed by atoms with Crippen LogP contribution in [0.5, 0.6) is 11.5 Å². The van der Waals surface area contributed by atoms with Crippen molar-refractivity contribution >= 4 is 93.5 Å². The molecule has 2 aromatic rings. The summed E-state index contributed by atoms with van der Waals surface area (Å²) in [5.41, 5.74) is -0.832. The largest absolute Gasteiger partial charge is 0.462 e. The van der Waals surface area contributed by atoms with Gasteiger partial charge in [0.05, 0.1) is 43.3 Å². The van der Waals surface area contributed by atoms with E-state index in [0.29, 0.717) is 12.8 Å². The Morgan fingerprint density at radius 3 is 1.21 bits per heavy atom. The summed E-state index contributed by atoms with van der Waals surface area (Å²) < 4.78 is 21.1. The Kier molecular flexibility index (Phi) is 16.6. The highest BCUT2D eigenvalue weighted by molar-refractivity contribution is 6.47. The van der Waals surface area contributed by atoms with E-state index in [-0.39, 0.29) is 54.2 Å². The van der Waals surface area contributed by atoms with Crippen molar-refractivity contribution in [2.24, 2.45) is 10.8 Å². The lowest BCUT2D eigenvalue weighted by Gasteiger charge is -2.23. The monoisotopic (exact) mass is 786 g/mol. The molecule has 0 bridgehead atoms. The molecule has 0 aromatic heterocycles. The van der Waals surface area contributed by atoms with E-state index in [1.165, 1.54) is 0 Å². The third-order valence-corrected chi connectivity index (χ3v) is 9.67. The van der Waals surface area contributed by atoms with Crippen LogP contribution in [0.3, 0.4) is 0 Å². The second kappa shape index (κ2) is 18.9. The molecule has 0 amide bonds. The summed E-state index contributed by atoms with van der Waals surface area (Å²) in [6.45, 7) is 12.7. The first-order chi connectivity index (χ1) is 22.4. The Balaban J connectivity index is 2.26. The Morgan fingerprint density at radius 1 is 0.562 bits per heavy atom. The molecule has 0 fully saturated rings. The molecule has 0 N–H and O–H groups in total. The van der Waals surface area contributed by atoms with E-state index in [9.17, 15) is 19.2 Å². The Morgan fingerprint density at radius 2 is 0.896 bits per heavy atom. The fraction of sp³-hybridized carbons (Fsp3) is 0.529. The number of hydrogen-bond donors (Lipinski definition) is 0. The minimum atomic E-state index is -1.65. The number of hydrogen-bond acceptors (Lipinski definition) is 8. The van der Waals surface area contributed by atoms with Gasteiger partial charge in [0, 0.05) is 0 Å². The number of ether oxygens (including phenoxy) is 4. The van der Waals surface area contributed by atoms with Crippen LogP contribution in [0.15, 0.2) is 12.1 Å². The van der Waals surface area contributed by atoms with Gasteiger partial charge in [-0.1, -0.05) is 124 Å². The Labute approximate surface area is 311 Å². The zero-order chi connectivity index (χ0) is 36.4. The number of esters is 4. The minimum absolute atomic E-state index is 0.0348. The topological polar surface area (TPSA) is 105 Å². The highest BCUT2D eigenvalue weighted by atomic mass is 35.5. The van der Waals surface area contributed by atoms with Crippen LogP contribution in [0.2, 0.25) is 30.1 Å². The molecule has 14 heteroatoms. The molecule has 48 heavy (non-hydrogen) atoms. The molecule has 2 aromatic carbocycles. The molecule has 0 saturated carbocycles. The molecule has 0 heterocycles. The van der Waals surface area contributed by atoms with Gasteiger partial charge >= 0.3 is 23.9 Å². The minimum Gasteiger partial charge on any atom is -0.462 e. The average Bonchev–Trinajstić information content (AvgIpc) is 2.98. The van der Waals surface area contributed by atoms with Gasteiger partial charge in [0.1, 0.15) is 11.1 Å². The van der Waals surface area contributed by atoms with Gasteiger partial charge in [-0.25, -0.2) is 19.2 Å². The van der Waals surface area contributed by atoms with Gasteiger partial charge < -0.3 is 18.9 Å². The lowest BCUT2D eigenvalue weighted by molar-refractivity contribution is -0.156. The summed E-state index contributed by atoms with van der Waals surface area (Å²) in [7, 11) is 0. The number of carbonyl (C=O) groups is 4. The van der Waals surface area contributed by atoms with Gasteiger partial charge in [-0.05, 0) is 61.5 Å². The van der Waals surface area contributed by atoms with E-state index in [1.807, 2.05) is 0 Å². The summed E-state index contributed by atoms with van der Waals surface area (Å²) in [4.78, 5) is 52.1. The van der Waals surface area contributed by atoms with E-state index >= 15 is 0 Å². The highest BCUT2D eigenvalue weighted by Crippen LogP contribution is 2.42. The fourth-order valence-electron chi connectivity index (χ4n) is 5.17. The lowest BCUT2D eigenvalue weighted by Crippen LogP contribution is -2.27. The van der Waals surface area contributed by atoms with E-state index in [1.54, 1.807) is 0 Å². The van der Waals surface area contributed by atoms with Gasteiger partial charge in [0.25, 0.3) is 0 Å². The van der Waals surface area contributed by atoms with Crippen LogP contribution >= 0.6 is 69.6 Å². The van der Waals surface area contributed by atoms with Crippen molar-refractivity contribution in [1.29, 1.82) is 0 Å². The second-order valence-corrected chi connectivity index (χ2v) is 15.2. The molecule has 0 aliphatic rings. The molecule has 0 radical (unpaired) electrons. The van der Waals surface area contributed by atoms with Gasteiger partial charge in [0.15, 0.2) is 11.5 Å². The predicted molar refractivity (Wildman–Crippen MR) is 191 cm³/mol. The zero-order valence-corrected chi connectivity index (χ0v) is 32.3. The molecular weight excluding hydrogens is 749 g/mol. The molecule has 0 atom stereocenters. The van der Waals surface area contributed by atoms with Gasteiger partial charge in [0.2, 0.25) is 0 Å². The van der Waals surface area contributed by atoms with Crippen molar-refractivity contribution < 1.29 is 38.1 Å². The summed E-state index contributed by atoms with van der Waals surface area (Å²) in [5, 5.41) is -1.52. The van der Waals surface area contributed by atoms with E-state index < -0.39 is 46.5 Å². The van der Waals surface area contributed by atoms with Gasteiger partial charge in [-0.2, -0.15) is 0 Å². The third kappa shape index (κ3) is 12.1. The molecule has 8 nitrogen and oxygen atoms in total. The predicted octanol–water partition coefficient (Wildman–Crippen LogP) is 11.6. The van der Waals surface area contributed by atoms with Crippen LogP contribution in [-0.4, -0.2) is 37.1 Å². The lowest BCUT2D eigenvalue weighted by atomic mass is 9.83. The highest BCUT2D eigenvalue weighted by Gasteiger charge is 2.32. The Hall–Kier alpha value is -1.94. The maximum absolute atomic E-state index is 13.1. The van der Waals surface area contributed by atoms with E-state index in [4.69, 9.17) is 88.6 Å². The van der Waals surface area contributed by atoms with Crippen LogP contribution in [0, 0.1) is 10.8 Å². The van der Waals surface area contributed by atoms with E-state index in [0.717, 1.165) is 50.7 Å². The summed E-state index contributed by atoms with van der Waals surface area (Å²) in [5.74, 6) is -6.44. The normalized spacial score (nSPS) is 11.7. The molecule has 0 spiro atoms. The SMILES string of the molecule is CCCC(C)(C)CCCOC(=O)c1c(Cl)c(Cl)cc(Cl)c1OC(=O)C(=O)Oc1c(Cl)cc(Cl)c(Cl)c1C(=O)OCCCC(C)(C)CCC. The standard InChI is InChI=1S/C34H40Cl6O8/c1-7-11-33(3,4)13-9-15-45-29(41)23-25(39)19(35)17-21(37)27(23)47-31(43)32(44)48-28-22(38)18-20(36)26(40)24(28)30(42)46-16-10-14-34(5,6)12-8-2/h17-18H,7-16H2,1-6H3. The second-order valence-electron chi connectivity index (χ2n) is 12.8. The number of benzene rings is 2. The van der Waals surface area contributed by atoms with Crippen molar-refractivity contribution in [1.82, 2.24) is 0 Å². The molecule has 0 saturated heterocycles. The van der Waals surface area contributed by atoms with Crippen LogP contribution in [0.25, 0.3) is 0 Å². The number of halogens is 6. The van der Waals surface area contributed by atoms with Crippen LogP contribution < -0.4 is 9.47 Å². The first kappa shape index (κ1) is 42.2. The first-order valence-electron chi connectivity index (χ1n) is 15.5. The maximum atomic E-state index is 13.1. The van der Waals surface area contributed by atoms with Crippen LogP contribution in [0.4, 0.5) is 0 Å². The summed E-state index contributed by atoms with van der Waals surface area (Å²) >= 11 is 37.4. The summed E-state index contributed by atoms with van der Waals surface area (Å²) in [6.07, 6.45) is 6.71. The molecule has 2 rings (SSSR count). The first-order valence-corrected chi connectivity index (χ1v) is 17.8. The van der Waals surface area contributed by atoms with Gasteiger partial charge in [-0.3, -0.25) is 0 Å². The quantitative estimate of drug-likeness (QED) is 0.0544. The van der Waals surface area contributed by atoms with E-state index in [2.05, 4.69) is 41.5 Å². The van der Waals surface area contributed by atoms with Crippen LogP contribution in [-0.2, 0) is 19.1 Å². The molecule has 0 aliphatic carbocycles. The van der Waals surface area contributed by atoms with Crippen molar-refractivity contribution in [2.45, 2.75) is 92.9 Å². The molecular formula is C34H40Cl6O8. The zero-order valence-electron chi connectivity index (χ0n) is 27.8. The molecule has 266 valence electrons. The number of rotatable bonds is 16. The smallest absolute Gasteiger partial charge is 0.423 e. The number of carbonyl (C=O) groups excluding carboxylic acids is 4. The average molecular weight is 789 g/mol. The fourth-order valence-corrected chi connectivity index (χ4v) is 6.61. The van der Waals surface area contributed by atoms with Crippen molar-refractivity contribution in [3.8, 4) is 11.5 Å². The maximum Gasteiger partial charge on any atom is 0.423 e. The van der Waals surface area contributed by atoms with Crippen molar-refractivity contribution in [3.63, 3.8) is 0 Å². The molecule has 0 unspecified atom stereocenters. The van der Waals surface area contributed by atoms with Crippen molar-refractivity contribution in [3.05, 3.63) is 53.4 Å². The van der Waals surface area contributed by atoms with Crippen molar-refractivity contribution in [2.75, 3.05) is 13.2 Å². The van der Waals surface area contributed by atoms with Crippen LogP contribution in [0.1, 0.15) is 114 Å². The molecule has 0 aliphatic heterocycles. The van der Waals surface area contributed by atoms with Gasteiger partial charge in [-0.15, -0.1) is 0 Å². The third-order valence-electron chi connectivity index (χ3n) is 7.53.